The summed E-state index contributed by atoms with van der Waals surface area (Å²) in [5.74, 6) is -0.899. The zero-order chi connectivity index (χ0) is 16.5. The number of carbonyl (C=O) groups is 1. The summed E-state index contributed by atoms with van der Waals surface area (Å²) in [7, 11) is 0. The average Bonchev–Trinajstić information content (AvgIpc) is 2.62. The van der Waals surface area contributed by atoms with Crippen molar-refractivity contribution in [2.24, 2.45) is 5.41 Å². The van der Waals surface area contributed by atoms with E-state index in [-0.39, 0.29) is 19.4 Å². The third kappa shape index (κ3) is 3.76. The van der Waals surface area contributed by atoms with Crippen molar-refractivity contribution >= 4 is 5.91 Å². The van der Waals surface area contributed by atoms with Crippen molar-refractivity contribution in [2.45, 2.75) is 38.9 Å². The number of rotatable bonds is 4. The molecule has 1 unspecified atom stereocenters. The first-order valence-electron chi connectivity index (χ1n) is 6.98. The average molecular weight is 318 g/mol. The molecule has 1 atom stereocenters. The third-order valence-corrected chi connectivity index (χ3v) is 3.78. The second-order valence-electron chi connectivity index (χ2n) is 6.18. The number of amides is 1. The fourth-order valence-electron chi connectivity index (χ4n) is 2.50. The van der Waals surface area contributed by atoms with Gasteiger partial charge in [0.25, 0.3) is 0 Å². The fourth-order valence-corrected chi connectivity index (χ4v) is 2.50. The van der Waals surface area contributed by atoms with E-state index < -0.39 is 29.4 Å². The molecule has 1 N–H and O–H groups in total. The van der Waals surface area contributed by atoms with Crippen LogP contribution in [-0.2, 0) is 11.2 Å². The molecule has 0 bridgehead atoms. The molecule has 0 aliphatic carbocycles. The first kappa shape index (κ1) is 16.7. The Bertz CT molecular complexity index is 557. The Balaban J connectivity index is 2.10. The molecule has 0 spiro atoms. The maximum atomic E-state index is 13.3. The SMILES string of the molecule is CC1(C)CN(C(CCc2cccc(F)c2)C(F)(F)F)NC1=O. The molecule has 3 nitrogen and oxygen atoms in total. The van der Waals surface area contributed by atoms with Crippen molar-refractivity contribution < 1.29 is 22.4 Å². The Morgan fingerprint density at radius 2 is 2.05 bits per heavy atom. The van der Waals surface area contributed by atoms with Crippen molar-refractivity contribution in [2.75, 3.05) is 6.54 Å². The molecule has 122 valence electrons. The van der Waals surface area contributed by atoms with E-state index in [1.165, 1.54) is 18.2 Å². The zero-order valence-electron chi connectivity index (χ0n) is 12.4. The Morgan fingerprint density at radius 1 is 1.36 bits per heavy atom. The van der Waals surface area contributed by atoms with Crippen LogP contribution in [0.2, 0.25) is 0 Å². The third-order valence-electron chi connectivity index (χ3n) is 3.78. The number of hydrogen-bond acceptors (Lipinski definition) is 2. The molecule has 1 aliphatic heterocycles. The van der Waals surface area contributed by atoms with Crippen LogP contribution in [0.25, 0.3) is 0 Å². The van der Waals surface area contributed by atoms with Crippen LogP contribution >= 0.6 is 0 Å². The highest BCUT2D eigenvalue weighted by Gasteiger charge is 2.49. The van der Waals surface area contributed by atoms with E-state index in [1.54, 1.807) is 19.9 Å². The van der Waals surface area contributed by atoms with E-state index in [0.717, 1.165) is 5.01 Å². The van der Waals surface area contributed by atoms with Crippen LogP contribution in [0, 0.1) is 11.2 Å². The summed E-state index contributed by atoms with van der Waals surface area (Å²) < 4.78 is 52.9. The molecular weight excluding hydrogens is 300 g/mol. The molecule has 1 aromatic rings. The summed E-state index contributed by atoms with van der Waals surface area (Å²) in [6.45, 7) is 3.18. The molecule has 0 radical (unpaired) electrons. The number of benzene rings is 1. The summed E-state index contributed by atoms with van der Waals surface area (Å²) in [5.41, 5.74) is 1.94. The van der Waals surface area contributed by atoms with E-state index in [2.05, 4.69) is 5.43 Å². The lowest BCUT2D eigenvalue weighted by Crippen LogP contribution is -2.50. The van der Waals surface area contributed by atoms with Gasteiger partial charge in [-0.05, 0) is 44.4 Å². The lowest BCUT2D eigenvalue weighted by Gasteiger charge is -2.29. The summed E-state index contributed by atoms with van der Waals surface area (Å²) in [5, 5.41) is 0.946. The number of hydrazine groups is 1. The van der Waals surface area contributed by atoms with Gasteiger partial charge >= 0.3 is 6.18 Å². The standard InChI is InChI=1S/C15H18F4N2O/c1-14(2)9-21(20-13(14)22)12(15(17,18)19)7-6-10-4-3-5-11(16)8-10/h3-5,8,12H,6-7,9H2,1-2H3,(H,20,22). The number of nitrogens with one attached hydrogen (secondary N) is 1. The molecule has 0 aromatic heterocycles. The minimum atomic E-state index is -4.47. The van der Waals surface area contributed by atoms with Gasteiger partial charge in [-0.3, -0.25) is 10.2 Å². The van der Waals surface area contributed by atoms with E-state index >= 15 is 0 Å². The zero-order valence-corrected chi connectivity index (χ0v) is 12.4. The number of nitrogens with zero attached hydrogens (tertiary/aromatic N) is 1. The van der Waals surface area contributed by atoms with E-state index in [4.69, 9.17) is 0 Å². The van der Waals surface area contributed by atoms with Crippen molar-refractivity contribution in [3.63, 3.8) is 0 Å². The fraction of sp³-hybridized carbons (Fsp3) is 0.533. The van der Waals surface area contributed by atoms with Gasteiger partial charge in [0.15, 0.2) is 0 Å². The lowest BCUT2D eigenvalue weighted by atomic mass is 9.94. The number of halogens is 4. The van der Waals surface area contributed by atoms with Crippen LogP contribution < -0.4 is 5.43 Å². The molecule has 0 saturated carbocycles. The molecule has 1 saturated heterocycles. The van der Waals surface area contributed by atoms with Crippen molar-refractivity contribution in [1.82, 2.24) is 10.4 Å². The molecular formula is C15H18F4N2O. The highest BCUT2D eigenvalue weighted by Crippen LogP contribution is 2.33. The monoisotopic (exact) mass is 318 g/mol. The first-order chi connectivity index (χ1) is 10.1. The largest absolute Gasteiger partial charge is 0.405 e. The van der Waals surface area contributed by atoms with E-state index in [1.807, 2.05) is 0 Å². The Kier molecular flexibility index (Phi) is 4.47. The number of alkyl halides is 3. The van der Waals surface area contributed by atoms with Gasteiger partial charge < -0.3 is 0 Å². The number of carbonyl (C=O) groups excluding carboxylic acids is 1. The van der Waals surface area contributed by atoms with E-state index in [0.29, 0.717) is 5.56 Å². The topological polar surface area (TPSA) is 32.3 Å². The van der Waals surface area contributed by atoms with Gasteiger partial charge in [-0.25, -0.2) is 9.40 Å². The molecule has 1 aliphatic rings. The van der Waals surface area contributed by atoms with Gasteiger partial charge in [-0.1, -0.05) is 12.1 Å². The van der Waals surface area contributed by atoms with Crippen molar-refractivity contribution in [1.29, 1.82) is 0 Å². The highest BCUT2D eigenvalue weighted by molar-refractivity contribution is 5.83. The predicted molar refractivity (Wildman–Crippen MR) is 73.2 cm³/mol. The predicted octanol–water partition coefficient (Wildman–Crippen LogP) is 3.06. The van der Waals surface area contributed by atoms with Crippen LogP contribution in [0.5, 0.6) is 0 Å². The van der Waals surface area contributed by atoms with Crippen LogP contribution in [0.3, 0.4) is 0 Å². The van der Waals surface area contributed by atoms with Gasteiger partial charge in [0.2, 0.25) is 5.91 Å². The number of aryl methyl sites for hydroxylation is 1. The second-order valence-corrected chi connectivity index (χ2v) is 6.18. The molecule has 1 fully saturated rings. The normalized spacial score (nSPS) is 20.0. The van der Waals surface area contributed by atoms with Crippen LogP contribution in [0.4, 0.5) is 17.6 Å². The highest BCUT2D eigenvalue weighted by atomic mass is 19.4. The lowest BCUT2D eigenvalue weighted by molar-refractivity contribution is -0.190. The maximum absolute atomic E-state index is 13.3. The van der Waals surface area contributed by atoms with Crippen LogP contribution in [0.15, 0.2) is 24.3 Å². The second kappa shape index (κ2) is 5.87. The van der Waals surface area contributed by atoms with Gasteiger partial charge in [0.1, 0.15) is 11.9 Å². The van der Waals surface area contributed by atoms with Crippen LogP contribution in [0.1, 0.15) is 25.8 Å². The van der Waals surface area contributed by atoms with E-state index in [9.17, 15) is 22.4 Å². The van der Waals surface area contributed by atoms with Crippen LogP contribution in [-0.4, -0.2) is 29.7 Å². The summed E-state index contributed by atoms with van der Waals surface area (Å²) in [6.07, 6.45) is -4.64. The summed E-state index contributed by atoms with van der Waals surface area (Å²) in [4.78, 5) is 11.7. The quantitative estimate of drug-likeness (QED) is 0.866. The molecule has 1 amide bonds. The Labute approximate surface area is 126 Å². The van der Waals surface area contributed by atoms with Gasteiger partial charge in [-0.15, -0.1) is 0 Å². The minimum absolute atomic E-state index is 0.0147. The molecule has 22 heavy (non-hydrogen) atoms. The summed E-state index contributed by atoms with van der Waals surface area (Å²) >= 11 is 0. The summed E-state index contributed by atoms with van der Waals surface area (Å²) in [6, 6.07) is 3.73. The van der Waals surface area contributed by atoms with Gasteiger partial charge in [0, 0.05) is 6.54 Å². The first-order valence-corrected chi connectivity index (χ1v) is 6.98. The molecule has 2 rings (SSSR count). The molecule has 1 heterocycles. The number of hydrogen-bond donors (Lipinski definition) is 1. The Hall–Kier alpha value is -1.63. The van der Waals surface area contributed by atoms with Crippen molar-refractivity contribution in [3.05, 3.63) is 35.6 Å². The molecule has 7 heteroatoms. The molecule has 1 aromatic carbocycles. The smallest absolute Gasteiger partial charge is 0.288 e. The van der Waals surface area contributed by atoms with Crippen molar-refractivity contribution in [3.8, 4) is 0 Å². The van der Waals surface area contributed by atoms with Gasteiger partial charge in [0.05, 0.1) is 5.41 Å². The minimum Gasteiger partial charge on any atom is -0.288 e. The van der Waals surface area contributed by atoms with Gasteiger partial charge in [-0.2, -0.15) is 13.2 Å². The maximum Gasteiger partial charge on any atom is 0.405 e. The Morgan fingerprint density at radius 3 is 2.55 bits per heavy atom.